The third-order valence-corrected chi connectivity index (χ3v) is 1.69. The van der Waals surface area contributed by atoms with E-state index in [-0.39, 0.29) is 0 Å². The van der Waals surface area contributed by atoms with E-state index >= 15 is 0 Å². The Balaban J connectivity index is 3.09. The number of rotatable bonds is 2. The van der Waals surface area contributed by atoms with Crippen LogP contribution in [0.3, 0.4) is 0 Å². The fourth-order valence-corrected chi connectivity index (χ4v) is 1.01. The maximum Gasteiger partial charge on any atom is 0.150 e. The topological polar surface area (TPSA) is 17.1 Å². The summed E-state index contributed by atoms with van der Waals surface area (Å²) in [6.45, 7) is 2.03. The maximum atomic E-state index is 10.3. The fourth-order valence-electron chi connectivity index (χ4n) is 1.01. The normalized spacial score (nSPS) is 9.55. The van der Waals surface area contributed by atoms with E-state index in [1.54, 1.807) is 12.1 Å². The Morgan fingerprint density at radius 3 is 2.73 bits per heavy atom. The zero-order valence-corrected chi connectivity index (χ0v) is 6.50. The Hall–Kier alpha value is -1.05. The first-order chi connectivity index (χ1) is 5.27. The van der Waals surface area contributed by atoms with Gasteiger partial charge >= 0.3 is 0 Å². The van der Waals surface area contributed by atoms with Gasteiger partial charge in [0.15, 0.2) is 0 Å². The molecule has 0 N–H and O–H groups in total. The van der Waals surface area contributed by atoms with Crippen LogP contribution in [0.25, 0.3) is 0 Å². The SMILES string of the molecule is [B]c1cc(C=O)ccc1CC. The average molecular weight is 144 g/mol. The van der Waals surface area contributed by atoms with E-state index < -0.39 is 0 Å². The number of aldehydes is 1. The molecule has 0 saturated carbocycles. The van der Waals surface area contributed by atoms with Crippen LogP contribution in [0.15, 0.2) is 18.2 Å². The van der Waals surface area contributed by atoms with Crippen molar-refractivity contribution in [2.45, 2.75) is 13.3 Å². The summed E-state index contributed by atoms with van der Waals surface area (Å²) in [5, 5.41) is 0. The van der Waals surface area contributed by atoms with Gasteiger partial charge in [0.25, 0.3) is 0 Å². The lowest BCUT2D eigenvalue weighted by atomic mass is 9.88. The molecule has 0 saturated heterocycles. The summed E-state index contributed by atoms with van der Waals surface area (Å²) in [6, 6.07) is 5.37. The van der Waals surface area contributed by atoms with Crippen molar-refractivity contribution in [3.63, 3.8) is 0 Å². The van der Waals surface area contributed by atoms with Crippen LogP contribution in [-0.4, -0.2) is 14.1 Å². The lowest BCUT2D eigenvalue weighted by Crippen LogP contribution is -2.10. The number of hydrogen-bond donors (Lipinski definition) is 0. The zero-order valence-electron chi connectivity index (χ0n) is 6.50. The first kappa shape index (κ1) is 8.06. The van der Waals surface area contributed by atoms with Crippen molar-refractivity contribution in [3.05, 3.63) is 29.3 Å². The van der Waals surface area contributed by atoms with Gasteiger partial charge in [0, 0.05) is 5.56 Å². The molecule has 0 aliphatic carbocycles. The summed E-state index contributed by atoms with van der Waals surface area (Å²) in [4.78, 5) is 10.3. The van der Waals surface area contributed by atoms with Crippen LogP contribution in [-0.2, 0) is 6.42 Å². The Kier molecular flexibility index (Phi) is 2.47. The first-order valence-corrected chi connectivity index (χ1v) is 3.61. The van der Waals surface area contributed by atoms with Gasteiger partial charge in [-0.15, -0.1) is 0 Å². The molecule has 1 nitrogen and oxygen atoms in total. The molecule has 0 aromatic heterocycles. The molecule has 0 bridgehead atoms. The van der Waals surface area contributed by atoms with E-state index in [9.17, 15) is 4.79 Å². The Morgan fingerprint density at radius 1 is 1.55 bits per heavy atom. The molecule has 0 aliphatic rings. The highest BCUT2D eigenvalue weighted by molar-refractivity contribution is 6.33. The van der Waals surface area contributed by atoms with Crippen molar-refractivity contribution in [1.29, 1.82) is 0 Å². The van der Waals surface area contributed by atoms with Crippen LogP contribution in [0.5, 0.6) is 0 Å². The lowest BCUT2D eigenvalue weighted by Gasteiger charge is -2.02. The second-order valence-electron chi connectivity index (χ2n) is 2.43. The minimum absolute atomic E-state index is 0.639. The van der Waals surface area contributed by atoms with Gasteiger partial charge in [-0.05, 0) is 6.42 Å². The molecule has 0 fully saturated rings. The third-order valence-electron chi connectivity index (χ3n) is 1.69. The molecule has 2 heteroatoms. The van der Waals surface area contributed by atoms with E-state index in [1.807, 2.05) is 13.0 Å². The van der Waals surface area contributed by atoms with Crippen LogP contribution in [0.2, 0.25) is 0 Å². The smallest absolute Gasteiger partial charge is 0.150 e. The highest BCUT2D eigenvalue weighted by Gasteiger charge is 1.95. The second kappa shape index (κ2) is 3.38. The fraction of sp³-hybridized carbons (Fsp3) is 0.222. The molecule has 0 aliphatic heterocycles. The van der Waals surface area contributed by atoms with E-state index in [0.29, 0.717) is 11.0 Å². The van der Waals surface area contributed by atoms with Crippen molar-refractivity contribution in [1.82, 2.24) is 0 Å². The summed E-state index contributed by atoms with van der Waals surface area (Å²) >= 11 is 0. The summed E-state index contributed by atoms with van der Waals surface area (Å²) in [5.41, 5.74) is 2.44. The van der Waals surface area contributed by atoms with Crippen molar-refractivity contribution < 1.29 is 4.79 Å². The van der Waals surface area contributed by atoms with Crippen molar-refractivity contribution in [3.8, 4) is 0 Å². The molecular weight excluding hydrogens is 135 g/mol. The Morgan fingerprint density at radius 2 is 2.27 bits per heavy atom. The largest absolute Gasteiger partial charge is 0.298 e. The molecule has 0 atom stereocenters. The summed E-state index contributed by atoms with van der Waals surface area (Å²) in [6.07, 6.45) is 1.71. The van der Waals surface area contributed by atoms with Gasteiger partial charge in [0.2, 0.25) is 0 Å². The molecule has 11 heavy (non-hydrogen) atoms. The van der Waals surface area contributed by atoms with Gasteiger partial charge in [-0.2, -0.15) is 0 Å². The summed E-state index contributed by atoms with van der Waals surface area (Å²) in [7, 11) is 5.65. The van der Waals surface area contributed by atoms with Gasteiger partial charge in [-0.3, -0.25) is 4.79 Å². The molecule has 0 spiro atoms. The molecule has 0 heterocycles. The average Bonchev–Trinajstić information content (AvgIpc) is 2.04. The minimum Gasteiger partial charge on any atom is -0.298 e. The highest BCUT2D eigenvalue weighted by Crippen LogP contribution is 1.98. The van der Waals surface area contributed by atoms with E-state index in [4.69, 9.17) is 7.85 Å². The predicted octanol–water partition coefficient (Wildman–Crippen LogP) is 0.855. The van der Waals surface area contributed by atoms with E-state index in [1.165, 1.54) is 0 Å². The molecule has 0 unspecified atom stereocenters. The molecule has 0 amide bonds. The van der Waals surface area contributed by atoms with Crippen LogP contribution < -0.4 is 5.46 Å². The second-order valence-corrected chi connectivity index (χ2v) is 2.43. The number of carbonyl (C=O) groups excluding carboxylic acids is 1. The number of carbonyl (C=O) groups is 1. The number of hydrogen-bond acceptors (Lipinski definition) is 1. The highest BCUT2D eigenvalue weighted by atomic mass is 16.1. The first-order valence-electron chi connectivity index (χ1n) is 3.61. The molecule has 1 rings (SSSR count). The van der Waals surface area contributed by atoms with Crippen LogP contribution in [0, 0.1) is 0 Å². The van der Waals surface area contributed by atoms with Crippen molar-refractivity contribution in [2.75, 3.05) is 0 Å². The van der Waals surface area contributed by atoms with Gasteiger partial charge in [-0.25, -0.2) is 0 Å². The van der Waals surface area contributed by atoms with Gasteiger partial charge in [-0.1, -0.05) is 36.1 Å². The van der Waals surface area contributed by atoms with E-state index in [2.05, 4.69) is 0 Å². The van der Waals surface area contributed by atoms with Crippen LogP contribution in [0.1, 0.15) is 22.8 Å². The van der Waals surface area contributed by atoms with Crippen LogP contribution >= 0.6 is 0 Å². The van der Waals surface area contributed by atoms with Gasteiger partial charge in [0.05, 0.1) is 0 Å². The van der Waals surface area contributed by atoms with Crippen LogP contribution in [0.4, 0.5) is 0 Å². The summed E-state index contributed by atoms with van der Waals surface area (Å²) < 4.78 is 0. The third kappa shape index (κ3) is 1.70. The minimum atomic E-state index is 0.639. The van der Waals surface area contributed by atoms with Gasteiger partial charge in [0.1, 0.15) is 14.1 Å². The lowest BCUT2D eigenvalue weighted by molar-refractivity contribution is 0.112. The predicted molar refractivity (Wildman–Crippen MR) is 46.6 cm³/mol. The molecule has 2 radical (unpaired) electrons. The molecule has 1 aromatic rings. The van der Waals surface area contributed by atoms with E-state index in [0.717, 1.165) is 18.3 Å². The molecule has 54 valence electrons. The molecule has 1 aromatic carbocycles. The molecular formula is C9H9BO. The van der Waals surface area contributed by atoms with Crippen molar-refractivity contribution in [2.24, 2.45) is 0 Å². The summed E-state index contributed by atoms with van der Waals surface area (Å²) in [5.74, 6) is 0. The Bertz CT molecular complexity index is 268. The number of aryl methyl sites for hydroxylation is 1. The maximum absolute atomic E-state index is 10.3. The number of benzene rings is 1. The zero-order chi connectivity index (χ0) is 8.27. The standard InChI is InChI=1S/C9H9BO/c1-2-8-4-3-7(6-11)5-9(8)10/h3-6H,2H2,1H3. The van der Waals surface area contributed by atoms with Gasteiger partial charge < -0.3 is 0 Å². The quantitative estimate of drug-likeness (QED) is 0.444. The Labute approximate surface area is 67.8 Å². The monoisotopic (exact) mass is 144 g/mol. The van der Waals surface area contributed by atoms with Crippen molar-refractivity contribution >= 4 is 19.6 Å².